The maximum Gasteiger partial charge on any atom is 0.489 e. The predicted octanol–water partition coefficient (Wildman–Crippen LogP) is 6.09. The number of hydrogen-bond acceptors (Lipinski definition) is 3. The third-order valence-corrected chi connectivity index (χ3v) is 4.79. The van der Waals surface area contributed by atoms with Crippen LogP contribution >= 0.6 is 19.0 Å². The molecule has 124 valence electrons. The molecule has 1 unspecified atom stereocenters. The van der Waals surface area contributed by atoms with Crippen molar-refractivity contribution in [1.82, 2.24) is 0 Å². The topological polar surface area (TPSA) is 35.5 Å². The zero-order chi connectivity index (χ0) is 16.7. The molecule has 0 saturated carbocycles. The van der Waals surface area contributed by atoms with Gasteiger partial charge < -0.3 is 9.05 Å². The van der Waals surface area contributed by atoms with Crippen LogP contribution in [0.2, 0.25) is 0 Å². The Kier molecular flexibility index (Phi) is 6.61. The number of rotatable bonds is 8. The van der Waals surface area contributed by atoms with E-state index in [0.29, 0.717) is 11.5 Å². The Morgan fingerprint density at radius 2 is 1.61 bits per heavy atom. The molecule has 0 heterocycles. The minimum absolute atomic E-state index is 0.479. The van der Waals surface area contributed by atoms with E-state index in [1.807, 2.05) is 30.3 Å². The molecule has 0 bridgehead atoms. The van der Waals surface area contributed by atoms with Crippen molar-refractivity contribution in [3.63, 3.8) is 0 Å². The van der Waals surface area contributed by atoms with Gasteiger partial charge >= 0.3 is 6.80 Å². The zero-order valence-electron chi connectivity index (χ0n) is 13.6. The van der Waals surface area contributed by atoms with Crippen molar-refractivity contribution in [3.8, 4) is 11.5 Å². The molecule has 0 N–H and O–H groups in total. The van der Waals surface area contributed by atoms with E-state index in [-0.39, 0.29) is 0 Å². The van der Waals surface area contributed by atoms with Crippen LogP contribution in [-0.2, 0) is 17.4 Å². The van der Waals surface area contributed by atoms with E-state index < -0.39 is 6.80 Å². The zero-order valence-corrected chi connectivity index (χ0v) is 15.4. The van der Waals surface area contributed by atoms with E-state index in [1.54, 1.807) is 12.1 Å². The smallest absolute Gasteiger partial charge is 0.409 e. The van der Waals surface area contributed by atoms with Gasteiger partial charge in [0.05, 0.1) is 0 Å². The van der Waals surface area contributed by atoms with Crippen molar-refractivity contribution in [2.45, 2.75) is 39.5 Å². The fraction of sp³-hybridized carbons (Fsp3) is 0.333. The second-order valence-electron chi connectivity index (χ2n) is 5.36. The Balaban J connectivity index is 2.24. The van der Waals surface area contributed by atoms with Crippen LogP contribution in [0.1, 0.15) is 37.8 Å². The van der Waals surface area contributed by atoms with Crippen molar-refractivity contribution in [2.24, 2.45) is 0 Å². The molecule has 0 saturated heterocycles. The summed E-state index contributed by atoms with van der Waals surface area (Å²) in [7, 11) is 0. The summed E-state index contributed by atoms with van der Waals surface area (Å²) in [6.07, 6.45) is 3.90. The summed E-state index contributed by atoms with van der Waals surface area (Å²) in [6.45, 7) is 0.731. The second kappa shape index (κ2) is 8.47. The molecule has 3 nitrogen and oxygen atoms in total. The maximum atomic E-state index is 12.6. The third kappa shape index (κ3) is 5.33. The molecule has 2 aromatic rings. The van der Waals surface area contributed by atoms with E-state index >= 15 is 0 Å². The number of benzene rings is 2. The molecule has 1 atom stereocenters. The number of hydrogen-bond donors (Lipinski definition) is 1. The Bertz CT molecular complexity index is 673. The average molecular weight is 350 g/mol. The monoisotopic (exact) mass is 350 g/mol. The summed E-state index contributed by atoms with van der Waals surface area (Å²) in [5, 5.41) is 0. The lowest BCUT2D eigenvalue weighted by atomic mass is 9.99. The van der Waals surface area contributed by atoms with Gasteiger partial charge in [-0.1, -0.05) is 57.0 Å². The minimum atomic E-state index is -3.53. The molecule has 0 aromatic heterocycles. The Hall–Kier alpha value is -1.38. The lowest BCUT2D eigenvalue weighted by molar-refractivity contribution is 0.406. The summed E-state index contributed by atoms with van der Waals surface area (Å²) >= 11 is 4.12. The van der Waals surface area contributed by atoms with Crippen molar-refractivity contribution in [2.75, 3.05) is 0 Å². The highest BCUT2D eigenvalue weighted by Gasteiger charge is 2.24. The first-order valence-electron chi connectivity index (χ1n) is 7.93. The molecule has 5 heteroatoms. The lowest BCUT2D eigenvalue weighted by Crippen LogP contribution is -2.01. The lowest BCUT2D eigenvalue weighted by Gasteiger charge is -2.19. The van der Waals surface area contributed by atoms with Crippen LogP contribution in [0.15, 0.2) is 48.5 Å². The molecule has 0 aliphatic heterocycles. The maximum absolute atomic E-state index is 12.6. The fourth-order valence-electron chi connectivity index (χ4n) is 2.49. The highest BCUT2D eigenvalue weighted by Crippen LogP contribution is 2.53. The highest BCUT2D eigenvalue weighted by atomic mass is 32.7. The quantitative estimate of drug-likeness (QED) is 0.462. The van der Waals surface area contributed by atoms with Crippen LogP contribution in [0.5, 0.6) is 11.5 Å². The van der Waals surface area contributed by atoms with E-state index in [4.69, 9.17) is 9.05 Å². The van der Waals surface area contributed by atoms with Crippen LogP contribution < -0.4 is 9.05 Å². The first kappa shape index (κ1) is 18.0. The van der Waals surface area contributed by atoms with Gasteiger partial charge in [0.2, 0.25) is 0 Å². The predicted molar refractivity (Wildman–Crippen MR) is 98.7 cm³/mol. The van der Waals surface area contributed by atoms with Gasteiger partial charge in [-0.3, -0.25) is 0 Å². The number of aryl methyl sites for hydroxylation is 1. The van der Waals surface area contributed by atoms with E-state index in [0.717, 1.165) is 31.2 Å². The van der Waals surface area contributed by atoms with Gasteiger partial charge in [-0.2, -0.15) is 0 Å². The standard InChI is InChI=1S/C18H23O3PS/c1-3-9-15-11-8-14-18(17(15)10-4-2)21-22(19,23)20-16-12-6-5-7-13-16/h5-8,11-14H,3-4,9-10H2,1-2H3,(H,19,23). The first-order valence-corrected chi connectivity index (χ1v) is 10.6. The second-order valence-corrected chi connectivity index (χ2v) is 8.13. The molecule has 2 aromatic carbocycles. The molecule has 0 aliphatic carbocycles. The van der Waals surface area contributed by atoms with Crippen molar-refractivity contribution in [3.05, 3.63) is 59.7 Å². The van der Waals surface area contributed by atoms with Crippen LogP contribution in [0.25, 0.3) is 0 Å². The molecule has 0 aliphatic rings. The SMILES string of the molecule is CCCc1cccc(OP(=O)(S)Oc2ccccc2)c1CCC. The minimum Gasteiger partial charge on any atom is -0.409 e. The van der Waals surface area contributed by atoms with Crippen LogP contribution in [-0.4, -0.2) is 0 Å². The molecule has 0 spiro atoms. The van der Waals surface area contributed by atoms with E-state index in [2.05, 4.69) is 32.2 Å². The normalized spacial score (nSPS) is 13.3. The molecule has 0 radical (unpaired) electrons. The van der Waals surface area contributed by atoms with Gasteiger partial charge in [0.15, 0.2) is 0 Å². The van der Waals surface area contributed by atoms with E-state index in [1.165, 1.54) is 5.56 Å². The number of thiol groups is 1. The summed E-state index contributed by atoms with van der Waals surface area (Å²) < 4.78 is 23.7. The largest absolute Gasteiger partial charge is 0.489 e. The number of para-hydroxylation sites is 1. The molecular weight excluding hydrogens is 327 g/mol. The Morgan fingerprint density at radius 3 is 2.26 bits per heavy atom. The first-order chi connectivity index (χ1) is 11.1. The van der Waals surface area contributed by atoms with Crippen molar-refractivity contribution < 1.29 is 13.6 Å². The van der Waals surface area contributed by atoms with Crippen molar-refractivity contribution >= 4 is 19.0 Å². The van der Waals surface area contributed by atoms with Gasteiger partial charge in [-0.15, -0.1) is 0 Å². The van der Waals surface area contributed by atoms with Gasteiger partial charge in [-0.05, 0) is 54.4 Å². The molecular formula is C18H23O3PS. The van der Waals surface area contributed by atoms with Crippen LogP contribution in [0.4, 0.5) is 0 Å². The van der Waals surface area contributed by atoms with Gasteiger partial charge in [0.25, 0.3) is 0 Å². The third-order valence-electron chi connectivity index (χ3n) is 3.43. The van der Waals surface area contributed by atoms with Crippen molar-refractivity contribution in [1.29, 1.82) is 0 Å². The molecule has 2 rings (SSSR count). The fourth-order valence-corrected chi connectivity index (χ4v) is 3.88. The van der Waals surface area contributed by atoms with E-state index in [9.17, 15) is 4.57 Å². The summed E-state index contributed by atoms with van der Waals surface area (Å²) in [6, 6.07) is 14.8. The molecule has 0 fully saturated rings. The van der Waals surface area contributed by atoms with Gasteiger partial charge in [0.1, 0.15) is 11.5 Å². The van der Waals surface area contributed by atoms with Gasteiger partial charge in [0, 0.05) is 0 Å². The summed E-state index contributed by atoms with van der Waals surface area (Å²) in [5.41, 5.74) is 2.34. The Morgan fingerprint density at radius 1 is 0.913 bits per heavy atom. The van der Waals surface area contributed by atoms with Gasteiger partial charge in [-0.25, -0.2) is 4.57 Å². The van der Waals surface area contributed by atoms with Crippen LogP contribution in [0.3, 0.4) is 0 Å². The van der Waals surface area contributed by atoms with Crippen LogP contribution in [0, 0.1) is 0 Å². The highest BCUT2D eigenvalue weighted by molar-refractivity contribution is 8.44. The molecule has 0 amide bonds. The summed E-state index contributed by atoms with van der Waals surface area (Å²) in [4.78, 5) is 0. The average Bonchev–Trinajstić information content (AvgIpc) is 2.51. The Labute approximate surface area is 143 Å². The summed E-state index contributed by atoms with van der Waals surface area (Å²) in [5.74, 6) is 1.08. The molecule has 23 heavy (non-hydrogen) atoms.